The summed E-state index contributed by atoms with van der Waals surface area (Å²) < 4.78 is 38.9. The number of anilines is 1. The number of nitrogens with one attached hydrogen (secondary N) is 1. The lowest BCUT2D eigenvalue weighted by molar-refractivity contribution is -0.137. The lowest BCUT2D eigenvalue weighted by Crippen LogP contribution is -2.59. The Morgan fingerprint density at radius 1 is 1.16 bits per heavy atom. The van der Waals surface area contributed by atoms with Crippen LogP contribution in [0.4, 0.5) is 19.0 Å². The van der Waals surface area contributed by atoms with Crippen molar-refractivity contribution in [2.45, 2.75) is 25.6 Å². The summed E-state index contributed by atoms with van der Waals surface area (Å²) in [6, 6.07) is 6.48. The number of hydrogen-bond acceptors (Lipinski definition) is 5. The van der Waals surface area contributed by atoms with Crippen molar-refractivity contribution in [2.75, 3.05) is 18.0 Å². The SMILES string of the molecule is CCC(=O)NC1CN(c2cnc(-c3ccc(C(F)(F)F)cc3)c(-c3ccncc3Cl)n2)C1. The van der Waals surface area contributed by atoms with Crippen LogP contribution in [0.1, 0.15) is 18.9 Å². The predicted octanol–water partition coefficient (Wildman–Crippen LogP) is 4.59. The van der Waals surface area contributed by atoms with E-state index >= 15 is 0 Å². The van der Waals surface area contributed by atoms with Crippen LogP contribution in [-0.2, 0) is 11.0 Å². The maximum atomic E-state index is 13.0. The van der Waals surface area contributed by atoms with E-state index in [-0.39, 0.29) is 11.9 Å². The first-order valence-electron chi connectivity index (χ1n) is 9.95. The smallest absolute Gasteiger partial charge is 0.351 e. The third kappa shape index (κ3) is 4.52. The van der Waals surface area contributed by atoms with E-state index in [1.807, 2.05) is 4.90 Å². The van der Waals surface area contributed by atoms with Crippen molar-refractivity contribution < 1.29 is 18.0 Å². The van der Waals surface area contributed by atoms with E-state index in [4.69, 9.17) is 16.6 Å². The zero-order valence-corrected chi connectivity index (χ0v) is 17.8. The zero-order valence-electron chi connectivity index (χ0n) is 17.0. The molecule has 0 spiro atoms. The minimum Gasteiger partial charge on any atom is -0.351 e. The first-order valence-corrected chi connectivity index (χ1v) is 10.3. The van der Waals surface area contributed by atoms with Crippen LogP contribution < -0.4 is 10.2 Å². The van der Waals surface area contributed by atoms with Gasteiger partial charge >= 0.3 is 6.18 Å². The lowest BCUT2D eigenvalue weighted by Gasteiger charge is -2.40. The maximum Gasteiger partial charge on any atom is 0.416 e. The highest BCUT2D eigenvalue weighted by Crippen LogP contribution is 2.36. The summed E-state index contributed by atoms with van der Waals surface area (Å²) in [4.78, 5) is 26.8. The first-order chi connectivity index (χ1) is 15.3. The number of benzene rings is 1. The van der Waals surface area contributed by atoms with Crippen LogP contribution in [0.2, 0.25) is 5.02 Å². The summed E-state index contributed by atoms with van der Waals surface area (Å²) in [5, 5.41) is 3.28. The number of rotatable bonds is 5. The summed E-state index contributed by atoms with van der Waals surface area (Å²) in [5.41, 5.74) is 1.16. The number of pyridine rings is 1. The second-order valence-electron chi connectivity index (χ2n) is 7.38. The third-order valence-corrected chi connectivity index (χ3v) is 5.47. The fourth-order valence-corrected chi connectivity index (χ4v) is 3.61. The molecule has 4 rings (SSSR count). The van der Waals surface area contributed by atoms with Gasteiger partial charge in [0.15, 0.2) is 0 Å². The average Bonchev–Trinajstić information content (AvgIpc) is 2.75. The molecular weight excluding hydrogens is 443 g/mol. The molecule has 0 unspecified atom stereocenters. The summed E-state index contributed by atoms with van der Waals surface area (Å²) in [7, 11) is 0. The van der Waals surface area contributed by atoms with Gasteiger partial charge in [-0.15, -0.1) is 0 Å². The Balaban J connectivity index is 1.68. The molecule has 1 amide bonds. The van der Waals surface area contributed by atoms with Crippen LogP contribution in [0.5, 0.6) is 0 Å². The molecule has 2 aromatic heterocycles. The number of carbonyl (C=O) groups is 1. The molecule has 1 aliphatic rings. The average molecular weight is 462 g/mol. The Labute approximate surface area is 187 Å². The normalized spacial score (nSPS) is 14.2. The van der Waals surface area contributed by atoms with Crippen LogP contribution in [0.15, 0.2) is 48.9 Å². The molecular formula is C22H19ClF3N5O. The highest BCUT2D eigenvalue weighted by molar-refractivity contribution is 6.33. The molecule has 3 aromatic rings. The van der Waals surface area contributed by atoms with Gasteiger partial charge in [-0.3, -0.25) is 14.8 Å². The summed E-state index contributed by atoms with van der Waals surface area (Å²) in [6.07, 6.45) is 0.604. The van der Waals surface area contributed by atoms with Gasteiger partial charge < -0.3 is 10.2 Å². The van der Waals surface area contributed by atoms with E-state index in [0.717, 1.165) is 12.1 Å². The van der Waals surface area contributed by atoms with Crippen molar-refractivity contribution >= 4 is 23.3 Å². The maximum absolute atomic E-state index is 13.0. The standard InChI is InChI=1S/C22H19ClF3N5O/c1-2-19(32)29-15-11-31(12-15)18-10-28-20(13-3-5-14(6-4-13)22(24,25)26)21(30-18)16-7-8-27-9-17(16)23/h3-10,15H,2,11-12H2,1H3,(H,29,32). The number of carbonyl (C=O) groups excluding carboxylic acids is 1. The van der Waals surface area contributed by atoms with Crippen LogP contribution in [0, 0.1) is 0 Å². The minimum atomic E-state index is -4.42. The zero-order chi connectivity index (χ0) is 22.9. The highest BCUT2D eigenvalue weighted by Gasteiger charge is 2.31. The van der Waals surface area contributed by atoms with Gasteiger partial charge in [0.1, 0.15) is 11.5 Å². The van der Waals surface area contributed by atoms with E-state index in [2.05, 4.69) is 15.3 Å². The first kappa shape index (κ1) is 22.0. The van der Waals surface area contributed by atoms with E-state index < -0.39 is 11.7 Å². The fraction of sp³-hybridized carbons (Fsp3) is 0.273. The van der Waals surface area contributed by atoms with Crippen molar-refractivity contribution in [3.05, 3.63) is 59.5 Å². The van der Waals surface area contributed by atoms with Crippen LogP contribution in [-0.4, -0.2) is 40.0 Å². The molecule has 0 saturated carbocycles. The Bertz CT molecular complexity index is 1130. The monoisotopic (exact) mass is 461 g/mol. The molecule has 32 heavy (non-hydrogen) atoms. The molecule has 0 bridgehead atoms. The Morgan fingerprint density at radius 2 is 1.88 bits per heavy atom. The van der Waals surface area contributed by atoms with E-state index in [0.29, 0.717) is 52.9 Å². The Morgan fingerprint density at radius 3 is 2.50 bits per heavy atom. The van der Waals surface area contributed by atoms with Crippen molar-refractivity contribution in [1.29, 1.82) is 0 Å². The molecule has 0 atom stereocenters. The van der Waals surface area contributed by atoms with Gasteiger partial charge in [0, 0.05) is 43.0 Å². The molecule has 1 N–H and O–H groups in total. The quantitative estimate of drug-likeness (QED) is 0.601. The van der Waals surface area contributed by atoms with Gasteiger partial charge in [-0.1, -0.05) is 30.7 Å². The summed E-state index contributed by atoms with van der Waals surface area (Å²) in [6.45, 7) is 2.97. The van der Waals surface area contributed by atoms with Gasteiger partial charge in [-0.05, 0) is 18.2 Å². The van der Waals surface area contributed by atoms with Crippen LogP contribution >= 0.6 is 11.6 Å². The van der Waals surface area contributed by atoms with Crippen molar-refractivity contribution in [1.82, 2.24) is 20.3 Å². The molecule has 10 heteroatoms. The number of alkyl halides is 3. The van der Waals surface area contributed by atoms with Gasteiger partial charge in [0.05, 0.1) is 28.5 Å². The lowest BCUT2D eigenvalue weighted by atomic mass is 10.0. The second kappa shape index (κ2) is 8.74. The van der Waals surface area contributed by atoms with Crippen molar-refractivity contribution in [2.24, 2.45) is 0 Å². The number of amides is 1. The van der Waals surface area contributed by atoms with Gasteiger partial charge in [-0.25, -0.2) is 4.98 Å². The second-order valence-corrected chi connectivity index (χ2v) is 7.79. The molecule has 1 saturated heterocycles. The molecule has 166 valence electrons. The van der Waals surface area contributed by atoms with Gasteiger partial charge in [0.2, 0.25) is 5.91 Å². The topological polar surface area (TPSA) is 71.0 Å². The molecule has 1 aromatic carbocycles. The Hall–Kier alpha value is -3.20. The number of nitrogens with zero attached hydrogens (tertiary/aromatic N) is 4. The number of halogens is 4. The summed E-state index contributed by atoms with van der Waals surface area (Å²) >= 11 is 6.34. The molecule has 1 fully saturated rings. The molecule has 0 aliphatic carbocycles. The predicted molar refractivity (Wildman–Crippen MR) is 115 cm³/mol. The van der Waals surface area contributed by atoms with E-state index in [1.165, 1.54) is 18.3 Å². The largest absolute Gasteiger partial charge is 0.416 e. The summed E-state index contributed by atoms with van der Waals surface area (Å²) in [5.74, 6) is 0.577. The minimum absolute atomic E-state index is 0.0114. The van der Waals surface area contributed by atoms with Crippen LogP contribution in [0.3, 0.4) is 0 Å². The molecule has 6 nitrogen and oxygen atoms in total. The number of hydrogen-bond donors (Lipinski definition) is 1. The van der Waals surface area contributed by atoms with E-state index in [1.54, 1.807) is 25.4 Å². The molecule has 1 aliphatic heterocycles. The molecule has 3 heterocycles. The third-order valence-electron chi connectivity index (χ3n) is 5.16. The van der Waals surface area contributed by atoms with Crippen molar-refractivity contribution in [3.63, 3.8) is 0 Å². The highest BCUT2D eigenvalue weighted by atomic mass is 35.5. The van der Waals surface area contributed by atoms with Gasteiger partial charge in [-0.2, -0.15) is 13.2 Å². The Kier molecular flexibility index (Phi) is 6.01. The van der Waals surface area contributed by atoms with Crippen LogP contribution in [0.25, 0.3) is 22.5 Å². The van der Waals surface area contributed by atoms with Gasteiger partial charge in [0.25, 0.3) is 0 Å². The molecule has 0 radical (unpaired) electrons. The van der Waals surface area contributed by atoms with E-state index in [9.17, 15) is 18.0 Å². The fourth-order valence-electron chi connectivity index (χ4n) is 3.40. The van der Waals surface area contributed by atoms with Crippen molar-refractivity contribution in [3.8, 4) is 22.5 Å². The number of aromatic nitrogens is 3.